The van der Waals surface area contributed by atoms with Gasteiger partial charge >= 0.3 is 5.97 Å². The Hall–Kier alpha value is -1.84. The molecule has 2 rings (SSSR count). The molecule has 0 spiro atoms. The van der Waals surface area contributed by atoms with Gasteiger partial charge in [0.1, 0.15) is 11.8 Å². The predicted molar refractivity (Wildman–Crippen MR) is 81.1 cm³/mol. The van der Waals surface area contributed by atoms with Gasteiger partial charge in [-0.3, -0.25) is 4.79 Å². The summed E-state index contributed by atoms with van der Waals surface area (Å²) in [5.74, 6) is 0.188. The van der Waals surface area contributed by atoms with Crippen molar-refractivity contribution < 1.29 is 14.3 Å². The molecular weight excluding hydrogens is 266 g/mol. The number of esters is 1. The van der Waals surface area contributed by atoms with E-state index in [2.05, 4.69) is 0 Å². The fraction of sp³-hybridized carbons (Fsp3) is 0.529. The van der Waals surface area contributed by atoms with E-state index in [1.54, 1.807) is 11.0 Å². The summed E-state index contributed by atoms with van der Waals surface area (Å²) in [5.41, 5.74) is 2.05. The van der Waals surface area contributed by atoms with Crippen LogP contribution < -0.4 is 4.74 Å². The topological polar surface area (TPSA) is 46.6 Å². The highest BCUT2D eigenvalue weighted by atomic mass is 16.5. The molecule has 0 aromatic heterocycles. The summed E-state index contributed by atoms with van der Waals surface area (Å²) < 4.78 is 5.54. The molecule has 1 saturated heterocycles. The lowest BCUT2D eigenvalue weighted by Crippen LogP contribution is -2.44. The smallest absolute Gasteiger partial charge is 0.334 e. The molecule has 1 amide bonds. The average Bonchev–Trinajstić information content (AvgIpc) is 2.92. The van der Waals surface area contributed by atoms with Crippen LogP contribution in [-0.4, -0.2) is 29.4 Å². The predicted octanol–water partition coefficient (Wildman–Crippen LogP) is 2.86. The SMILES string of the molecule is Cc1cccc(OC(=O)C2CCCN2C(=O)C(C)C)c1C. The molecule has 1 aromatic carbocycles. The molecule has 0 aliphatic carbocycles. The zero-order chi connectivity index (χ0) is 15.6. The highest BCUT2D eigenvalue weighted by Gasteiger charge is 2.36. The molecular formula is C17H23NO3. The highest BCUT2D eigenvalue weighted by Crippen LogP contribution is 2.25. The van der Waals surface area contributed by atoms with Crippen LogP contribution in [0, 0.1) is 19.8 Å². The zero-order valence-electron chi connectivity index (χ0n) is 13.2. The Labute approximate surface area is 126 Å². The van der Waals surface area contributed by atoms with Crippen molar-refractivity contribution in [2.24, 2.45) is 5.92 Å². The summed E-state index contributed by atoms with van der Waals surface area (Å²) in [4.78, 5) is 26.2. The quantitative estimate of drug-likeness (QED) is 0.635. The molecule has 4 nitrogen and oxygen atoms in total. The number of ether oxygens (including phenoxy) is 1. The molecule has 1 unspecified atom stereocenters. The third-order valence-electron chi connectivity index (χ3n) is 4.07. The van der Waals surface area contributed by atoms with E-state index in [9.17, 15) is 9.59 Å². The van der Waals surface area contributed by atoms with Gasteiger partial charge in [0, 0.05) is 12.5 Å². The molecule has 0 radical (unpaired) electrons. The van der Waals surface area contributed by atoms with Crippen molar-refractivity contribution in [3.8, 4) is 5.75 Å². The normalized spacial score (nSPS) is 18.1. The van der Waals surface area contributed by atoms with Crippen molar-refractivity contribution in [3.05, 3.63) is 29.3 Å². The Balaban J connectivity index is 2.12. The molecule has 1 aliphatic heterocycles. The first kappa shape index (κ1) is 15.5. The van der Waals surface area contributed by atoms with Crippen molar-refractivity contribution >= 4 is 11.9 Å². The first-order valence-electron chi connectivity index (χ1n) is 7.50. The molecule has 1 heterocycles. The molecule has 0 N–H and O–H groups in total. The zero-order valence-corrected chi connectivity index (χ0v) is 13.2. The van der Waals surface area contributed by atoms with E-state index in [0.717, 1.165) is 17.5 Å². The van der Waals surface area contributed by atoms with Gasteiger partial charge in [0.15, 0.2) is 0 Å². The number of aryl methyl sites for hydroxylation is 1. The number of rotatable bonds is 3. The van der Waals surface area contributed by atoms with Crippen molar-refractivity contribution in [1.82, 2.24) is 4.90 Å². The van der Waals surface area contributed by atoms with Gasteiger partial charge in [-0.1, -0.05) is 26.0 Å². The fourth-order valence-electron chi connectivity index (χ4n) is 2.62. The summed E-state index contributed by atoms with van der Waals surface area (Å²) in [6.07, 6.45) is 1.53. The van der Waals surface area contributed by atoms with E-state index in [1.165, 1.54) is 0 Å². The summed E-state index contributed by atoms with van der Waals surface area (Å²) in [6, 6.07) is 5.21. The molecule has 0 saturated carbocycles. The van der Waals surface area contributed by atoms with Crippen LogP contribution in [0.25, 0.3) is 0 Å². The lowest BCUT2D eigenvalue weighted by molar-refractivity contribution is -0.147. The standard InChI is InChI=1S/C17H23NO3/c1-11(2)16(19)18-10-6-8-14(18)17(20)21-15-9-5-7-12(3)13(15)4/h5,7,9,11,14H,6,8,10H2,1-4H3. The van der Waals surface area contributed by atoms with Crippen LogP contribution in [0.4, 0.5) is 0 Å². The van der Waals surface area contributed by atoms with Gasteiger partial charge in [-0.25, -0.2) is 4.79 Å². The van der Waals surface area contributed by atoms with Crippen LogP contribution in [0.15, 0.2) is 18.2 Å². The van der Waals surface area contributed by atoms with Crippen molar-refractivity contribution in [2.75, 3.05) is 6.54 Å². The molecule has 1 atom stereocenters. The van der Waals surface area contributed by atoms with Crippen LogP contribution in [-0.2, 0) is 9.59 Å². The van der Waals surface area contributed by atoms with Crippen molar-refractivity contribution in [2.45, 2.75) is 46.6 Å². The van der Waals surface area contributed by atoms with E-state index in [0.29, 0.717) is 18.7 Å². The Morgan fingerprint density at radius 1 is 1.29 bits per heavy atom. The molecule has 4 heteroatoms. The maximum Gasteiger partial charge on any atom is 0.334 e. The van der Waals surface area contributed by atoms with Crippen molar-refractivity contribution in [3.63, 3.8) is 0 Å². The minimum absolute atomic E-state index is 0.0235. The first-order chi connectivity index (χ1) is 9.91. The van der Waals surface area contributed by atoms with Gasteiger partial charge in [-0.15, -0.1) is 0 Å². The molecule has 1 aliphatic rings. The monoisotopic (exact) mass is 289 g/mol. The minimum atomic E-state index is -0.445. The number of carbonyl (C=O) groups excluding carboxylic acids is 2. The maximum absolute atomic E-state index is 12.4. The summed E-state index contributed by atoms with van der Waals surface area (Å²) >= 11 is 0. The number of nitrogens with zero attached hydrogens (tertiary/aromatic N) is 1. The largest absolute Gasteiger partial charge is 0.425 e. The van der Waals surface area contributed by atoms with Crippen LogP contribution in [0.5, 0.6) is 5.75 Å². The van der Waals surface area contributed by atoms with E-state index >= 15 is 0 Å². The summed E-state index contributed by atoms with van der Waals surface area (Å²) in [5, 5.41) is 0. The second-order valence-electron chi connectivity index (χ2n) is 5.96. The highest BCUT2D eigenvalue weighted by molar-refractivity contribution is 5.87. The average molecular weight is 289 g/mol. The fourth-order valence-corrected chi connectivity index (χ4v) is 2.62. The Morgan fingerprint density at radius 2 is 2.00 bits per heavy atom. The van der Waals surface area contributed by atoms with Crippen LogP contribution >= 0.6 is 0 Å². The Kier molecular flexibility index (Phi) is 4.66. The molecule has 1 aromatic rings. The lowest BCUT2D eigenvalue weighted by atomic mass is 10.1. The van der Waals surface area contributed by atoms with Crippen molar-refractivity contribution in [1.29, 1.82) is 0 Å². The number of hydrogen-bond acceptors (Lipinski definition) is 3. The lowest BCUT2D eigenvalue weighted by Gasteiger charge is -2.25. The first-order valence-corrected chi connectivity index (χ1v) is 7.50. The Morgan fingerprint density at radius 3 is 2.67 bits per heavy atom. The van der Waals surface area contributed by atoms with Crippen LogP contribution in [0.1, 0.15) is 37.8 Å². The van der Waals surface area contributed by atoms with Crippen LogP contribution in [0.3, 0.4) is 0 Å². The number of amides is 1. The van der Waals surface area contributed by atoms with Gasteiger partial charge in [-0.05, 0) is 43.9 Å². The third kappa shape index (κ3) is 3.26. The molecule has 1 fully saturated rings. The number of benzene rings is 1. The Bertz CT molecular complexity index is 551. The van der Waals surface area contributed by atoms with E-state index < -0.39 is 6.04 Å². The van der Waals surface area contributed by atoms with Gasteiger partial charge in [0.2, 0.25) is 5.91 Å². The molecule has 114 valence electrons. The number of carbonyl (C=O) groups is 2. The molecule has 0 bridgehead atoms. The summed E-state index contributed by atoms with van der Waals surface area (Å²) in [7, 11) is 0. The number of hydrogen-bond donors (Lipinski definition) is 0. The minimum Gasteiger partial charge on any atom is -0.425 e. The van der Waals surface area contributed by atoms with Crippen LogP contribution in [0.2, 0.25) is 0 Å². The van der Waals surface area contributed by atoms with Gasteiger partial charge in [0.05, 0.1) is 0 Å². The van der Waals surface area contributed by atoms with E-state index in [-0.39, 0.29) is 17.8 Å². The van der Waals surface area contributed by atoms with Gasteiger partial charge in [-0.2, -0.15) is 0 Å². The second kappa shape index (κ2) is 6.29. The van der Waals surface area contributed by atoms with Gasteiger partial charge in [0.25, 0.3) is 0 Å². The third-order valence-corrected chi connectivity index (χ3v) is 4.07. The second-order valence-corrected chi connectivity index (χ2v) is 5.96. The maximum atomic E-state index is 12.4. The molecule has 21 heavy (non-hydrogen) atoms. The van der Waals surface area contributed by atoms with Gasteiger partial charge < -0.3 is 9.64 Å². The summed E-state index contributed by atoms with van der Waals surface area (Å²) in [6.45, 7) is 8.27. The van der Waals surface area contributed by atoms with E-state index in [1.807, 2.05) is 39.8 Å². The van der Waals surface area contributed by atoms with E-state index in [4.69, 9.17) is 4.74 Å². The number of likely N-dealkylation sites (tertiary alicyclic amines) is 1.